The lowest BCUT2D eigenvalue weighted by Crippen LogP contribution is -2.33. The van der Waals surface area contributed by atoms with E-state index in [-0.39, 0.29) is 31.7 Å². The Morgan fingerprint density at radius 1 is 1.05 bits per heavy atom. The number of anilines is 1. The van der Waals surface area contributed by atoms with Crippen LogP contribution in [0, 0.1) is 22.7 Å². The molecule has 0 amide bonds. The van der Waals surface area contributed by atoms with Crippen LogP contribution in [0.15, 0.2) is 24.3 Å². The van der Waals surface area contributed by atoms with Crippen LogP contribution in [0.25, 0.3) is 0 Å². The van der Waals surface area contributed by atoms with Gasteiger partial charge in [0, 0.05) is 31.6 Å². The minimum atomic E-state index is -3.54. The lowest BCUT2D eigenvalue weighted by atomic mass is 10.2. The van der Waals surface area contributed by atoms with Gasteiger partial charge in [0.15, 0.2) is 0 Å². The van der Waals surface area contributed by atoms with Gasteiger partial charge in [-0.05, 0) is 17.7 Å². The zero-order valence-electron chi connectivity index (χ0n) is 11.0. The molecule has 0 aromatic heterocycles. The lowest BCUT2D eigenvalue weighted by Gasteiger charge is -2.20. The maximum Gasteiger partial charge on any atom is 0.218 e. The molecule has 0 spiro atoms. The number of hydrogen-bond acceptors (Lipinski definition) is 5. The molecule has 1 aromatic rings. The number of hydrogen-bond donors (Lipinski definition) is 1. The Hall–Kier alpha value is -2.09. The van der Waals surface area contributed by atoms with Crippen LogP contribution in [-0.2, 0) is 15.8 Å². The highest BCUT2D eigenvalue weighted by Gasteiger charge is 2.21. The molecular weight excluding hydrogens is 276 g/mol. The molecule has 0 atom stereocenters. The molecule has 7 heteroatoms. The van der Waals surface area contributed by atoms with E-state index in [0.29, 0.717) is 11.3 Å². The molecule has 0 aliphatic rings. The van der Waals surface area contributed by atoms with Gasteiger partial charge in [0.05, 0.1) is 17.9 Å². The topological polar surface area (TPSA) is 111 Å². The molecule has 1 aromatic carbocycles. The standard InChI is InChI=1S/C13H16N4O2S/c14-7-1-9-17(10-2-8-15)20(18,19)11-12-3-5-13(16)6-4-12/h3-6H,1-2,9-11,16H2. The third kappa shape index (κ3) is 4.88. The van der Waals surface area contributed by atoms with Gasteiger partial charge in [0.2, 0.25) is 10.0 Å². The Bertz CT molecular complexity index is 593. The molecule has 0 heterocycles. The number of nitriles is 2. The highest BCUT2D eigenvalue weighted by molar-refractivity contribution is 7.88. The van der Waals surface area contributed by atoms with Crippen molar-refractivity contribution in [1.82, 2.24) is 4.31 Å². The quantitative estimate of drug-likeness (QED) is 0.760. The summed E-state index contributed by atoms with van der Waals surface area (Å²) in [5.41, 5.74) is 6.74. The Morgan fingerprint density at radius 3 is 2.00 bits per heavy atom. The van der Waals surface area contributed by atoms with Gasteiger partial charge in [-0.15, -0.1) is 0 Å². The van der Waals surface area contributed by atoms with Crippen molar-refractivity contribution >= 4 is 15.7 Å². The first-order valence-electron chi connectivity index (χ1n) is 6.05. The van der Waals surface area contributed by atoms with E-state index in [9.17, 15) is 8.42 Å². The number of benzene rings is 1. The summed E-state index contributed by atoms with van der Waals surface area (Å²) in [6, 6.07) is 10.4. The Morgan fingerprint density at radius 2 is 1.55 bits per heavy atom. The Kier molecular flexibility index (Phi) is 5.98. The molecule has 6 nitrogen and oxygen atoms in total. The summed E-state index contributed by atoms with van der Waals surface area (Å²) in [4.78, 5) is 0. The second-order valence-corrected chi connectivity index (χ2v) is 6.18. The van der Waals surface area contributed by atoms with Crippen molar-refractivity contribution in [2.75, 3.05) is 18.8 Å². The molecule has 0 fully saturated rings. The van der Waals surface area contributed by atoms with Crippen LogP contribution in [0.3, 0.4) is 0 Å². The van der Waals surface area contributed by atoms with Crippen LogP contribution in [0.1, 0.15) is 18.4 Å². The van der Waals surface area contributed by atoms with E-state index in [1.54, 1.807) is 24.3 Å². The second-order valence-electron chi connectivity index (χ2n) is 4.21. The monoisotopic (exact) mass is 292 g/mol. The first-order valence-corrected chi connectivity index (χ1v) is 7.66. The van der Waals surface area contributed by atoms with Gasteiger partial charge in [-0.25, -0.2) is 8.42 Å². The highest BCUT2D eigenvalue weighted by Crippen LogP contribution is 2.13. The summed E-state index contributed by atoms with van der Waals surface area (Å²) in [5, 5.41) is 17.2. The third-order valence-corrected chi connectivity index (χ3v) is 4.52. The lowest BCUT2D eigenvalue weighted by molar-refractivity contribution is 0.424. The summed E-state index contributed by atoms with van der Waals surface area (Å²) < 4.78 is 25.7. The zero-order valence-corrected chi connectivity index (χ0v) is 11.8. The van der Waals surface area contributed by atoms with Crippen molar-refractivity contribution in [2.45, 2.75) is 18.6 Å². The minimum absolute atomic E-state index is 0.104. The van der Waals surface area contributed by atoms with E-state index in [2.05, 4.69) is 0 Å². The predicted octanol–water partition coefficient (Wildman–Crippen LogP) is 1.23. The summed E-state index contributed by atoms with van der Waals surface area (Å²) in [7, 11) is -3.54. The van der Waals surface area contributed by atoms with E-state index >= 15 is 0 Å². The summed E-state index contributed by atoms with van der Waals surface area (Å²) >= 11 is 0. The van der Waals surface area contributed by atoms with E-state index in [1.807, 2.05) is 12.1 Å². The van der Waals surface area contributed by atoms with Gasteiger partial charge in [0.1, 0.15) is 0 Å². The maximum atomic E-state index is 12.3. The number of nitrogens with two attached hydrogens (primary N) is 1. The van der Waals surface area contributed by atoms with Crippen molar-refractivity contribution < 1.29 is 8.42 Å². The number of rotatable bonds is 7. The molecule has 0 unspecified atom stereocenters. The fourth-order valence-corrected chi connectivity index (χ4v) is 3.19. The van der Waals surface area contributed by atoms with Gasteiger partial charge in [-0.1, -0.05) is 12.1 Å². The van der Waals surface area contributed by atoms with Gasteiger partial charge >= 0.3 is 0 Å². The second kappa shape index (κ2) is 7.49. The normalized spacial score (nSPS) is 10.9. The van der Waals surface area contributed by atoms with Crippen molar-refractivity contribution in [2.24, 2.45) is 0 Å². The minimum Gasteiger partial charge on any atom is -0.399 e. The molecule has 2 N–H and O–H groups in total. The molecular formula is C13H16N4O2S. The molecule has 106 valence electrons. The van der Waals surface area contributed by atoms with Crippen molar-refractivity contribution in [3.05, 3.63) is 29.8 Å². The predicted molar refractivity (Wildman–Crippen MR) is 75.5 cm³/mol. The molecule has 20 heavy (non-hydrogen) atoms. The summed E-state index contributed by atoms with van der Waals surface area (Å²) in [5.74, 6) is -0.163. The summed E-state index contributed by atoms with van der Waals surface area (Å²) in [6.07, 6.45) is 0.207. The molecule has 0 radical (unpaired) electrons. The van der Waals surface area contributed by atoms with E-state index < -0.39 is 10.0 Å². The molecule has 0 saturated heterocycles. The Labute approximate surface area is 119 Å². The first kappa shape index (κ1) is 16.0. The SMILES string of the molecule is N#CCCN(CCC#N)S(=O)(=O)Cc1ccc(N)cc1. The van der Waals surface area contributed by atoms with Crippen LogP contribution >= 0.6 is 0 Å². The van der Waals surface area contributed by atoms with Crippen LogP contribution in [0.2, 0.25) is 0 Å². The first-order chi connectivity index (χ1) is 9.49. The van der Waals surface area contributed by atoms with Crippen molar-refractivity contribution in [3.63, 3.8) is 0 Å². The van der Waals surface area contributed by atoms with E-state index in [4.69, 9.17) is 16.3 Å². The highest BCUT2D eigenvalue weighted by atomic mass is 32.2. The summed E-state index contributed by atoms with van der Waals surface area (Å²) in [6.45, 7) is 0.213. The van der Waals surface area contributed by atoms with Crippen LogP contribution in [0.4, 0.5) is 5.69 Å². The fraction of sp³-hybridized carbons (Fsp3) is 0.385. The van der Waals surface area contributed by atoms with Crippen LogP contribution in [-0.4, -0.2) is 25.8 Å². The number of nitrogens with zero attached hydrogens (tertiary/aromatic N) is 3. The fourth-order valence-electron chi connectivity index (χ4n) is 1.66. The number of sulfonamides is 1. The zero-order chi connectivity index (χ0) is 15.0. The molecule has 1 rings (SSSR count). The van der Waals surface area contributed by atoms with E-state index in [1.165, 1.54) is 4.31 Å². The van der Waals surface area contributed by atoms with Crippen molar-refractivity contribution in [3.8, 4) is 12.1 Å². The smallest absolute Gasteiger partial charge is 0.218 e. The third-order valence-electron chi connectivity index (χ3n) is 2.67. The Balaban J connectivity index is 2.84. The molecule has 0 saturated carbocycles. The van der Waals surface area contributed by atoms with E-state index in [0.717, 1.165) is 0 Å². The molecule has 0 bridgehead atoms. The van der Waals surface area contributed by atoms with Crippen LogP contribution in [0.5, 0.6) is 0 Å². The molecule has 0 aliphatic heterocycles. The van der Waals surface area contributed by atoms with Crippen molar-refractivity contribution in [1.29, 1.82) is 10.5 Å². The van der Waals surface area contributed by atoms with Crippen LogP contribution < -0.4 is 5.73 Å². The van der Waals surface area contributed by atoms with Gasteiger partial charge < -0.3 is 5.73 Å². The largest absolute Gasteiger partial charge is 0.399 e. The van der Waals surface area contributed by atoms with Gasteiger partial charge in [-0.3, -0.25) is 0 Å². The number of nitrogen functional groups attached to an aromatic ring is 1. The van der Waals surface area contributed by atoms with Gasteiger partial charge in [0.25, 0.3) is 0 Å². The van der Waals surface area contributed by atoms with Gasteiger partial charge in [-0.2, -0.15) is 14.8 Å². The maximum absolute atomic E-state index is 12.3. The molecule has 0 aliphatic carbocycles. The average Bonchev–Trinajstić information content (AvgIpc) is 2.41. The average molecular weight is 292 g/mol.